The lowest BCUT2D eigenvalue weighted by Gasteiger charge is -2.05. The molecule has 0 unspecified atom stereocenters. The van der Waals surface area contributed by atoms with Crippen molar-refractivity contribution in [1.29, 1.82) is 0 Å². The molecule has 1 N–H and O–H groups in total. The summed E-state index contributed by atoms with van der Waals surface area (Å²) >= 11 is 2.77. The number of fused-ring (bicyclic) bond motifs is 2. The van der Waals surface area contributed by atoms with E-state index in [0.717, 1.165) is 26.7 Å². The Morgan fingerprint density at radius 1 is 1.14 bits per heavy atom. The molecule has 28 heavy (non-hydrogen) atoms. The second-order valence-corrected chi connectivity index (χ2v) is 8.24. The minimum Gasteiger partial charge on any atom is -0.480 e. The van der Waals surface area contributed by atoms with Gasteiger partial charge in [-0.2, -0.15) is 4.98 Å². The molecule has 0 atom stereocenters. The molecule has 7 nitrogen and oxygen atoms in total. The number of aromatic nitrogens is 3. The van der Waals surface area contributed by atoms with Gasteiger partial charge in [-0.15, -0.1) is 11.3 Å². The van der Waals surface area contributed by atoms with Gasteiger partial charge in [-0.05, 0) is 31.0 Å². The number of amides is 1. The summed E-state index contributed by atoms with van der Waals surface area (Å²) in [5.41, 5.74) is 2.78. The first-order valence-electron chi connectivity index (χ1n) is 8.52. The molecule has 0 saturated heterocycles. The fourth-order valence-electron chi connectivity index (χ4n) is 3.00. The number of thiophene rings is 1. The summed E-state index contributed by atoms with van der Waals surface area (Å²) < 4.78 is 11.6. The summed E-state index contributed by atoms with van der Waals surface area (Å²) in [6.45, 7) is 4.15. The molecule has 1 aromatic carbocycles. The van der Waals surface area contributed by atoms with E-state index in [1.165, 1.54) is 22.7 Å². The molecule has 0 fully saturated rings. The maximum atomic E-state index is 12.9. The number of para-hydroxylation sites is 1. The number of thiazole rings is 1. The third-order valence-electron chi connectivity index (χ3n) is 4.32. The summed E-state index contributed by atoms with van der Waals surface area (Å²) in [4.78, 5) is 27.6. The van der Waals surface area contributed by atoms with Crippen LogP contribution in [0, 0.1) is 13.8 Å². The lowest BCUT2D eigenvalue weighted by atomic mass is 10.2. The minimum atomic E-state index is -0.215. The lowest BCUT2D eigenvalue weighted by molar-refractivity contribution is 0.103. The number of methoxy groups -OCH3 is 2. The zero-order valence-electron chi connectivity index (χ0n) is 15.8. The minimum absolute atomic E-state index is 0.215. The monoisotopic (exact) mass is 414 g/mol. The average molecular weight is 415 g/mol. The van der Waals surface area contributed by atoms with Gasteiger partial charge in [0.15, 0.2) is 11.0 Å². The Hall–Kier alpha value is -2.62. The van der Waals surface area contributed by atoms with E-state index in [9.17, 15) is 4.79 Å². The zero-order chi connectivity index (χ0) is 19.8. The van der Waals surface area contributed by atoms with Crippen molar-refractivity contribution in [3.63, 3.8) is 0 Å². The highest BCUT2D eigenvalue weighted by Crippen LogP contribution is 2.36. The Morgan fingerprint density at radius 2 is 1.96 bits per heavy atom. The maximum Gasteiger partial charge on any atom is 0.267 e. The summed E-state index contributed by atoms with van der Waals surface area (Å²) in [5.74, 6) is 0.745. The van der Waals surface area contributed by atoms with Crippen molar-refractivity contribution >= 4 is 54.1 Å². The Balaban J connectivity index is 1.72. The van der Waals surface area contributed by atoms with Crippen LogP contribution in [0.25, 0.3) is 20.4 Å². The number of carbonyl (C=O) groups is 1. The fourth-order valence-corrected chi connectivity index (χ4v) is 5.02. The highest BCUT2D eigenvalue weighted by Gasteiger charge is 2.22. The van der Waals surface area contributed by atoms with Gasteiger partial charge in [-0.1, -0.05) is 23.5 Å². The smallest absolute Gasteiger partial charge is 0.267 e. The van der Waals surface area contributed by atoms with Gasteiger partial charge < -0.3 is 9.47 Å². The van der Waals surface area contributed by atoms with Gasteiger partial charge in [0, 0.05) is 7.11 Å². The normalized spacial score (nSPS) is 11.3. The number of benzene rings is 1. The standard InChI is InChI=1S/C19H18N4O3S2/c1-9-6-5-7-11-14(9)22-19(27-11)23-16(24)15-10(2)13-17(26-4)20-12(8-25-3)21-18(13)28-15/h5-7H,8H2,1-4H3,(H,22,23,24). The van der Waals surface area contributed by atoms with Crippen LogP contribution >= 0.6 is 22.7 Å². The van der Waals surface area contributed by atoms with Crippen LogP contribution < -0.4 is 10.1 Å². The SMILES string of the molecule is COCc1nc(OC)c2c(C)c(C(=O)Nc3nc4c(C)cccc4s3)sc2n1. The molecular weight excluding hydrogens is 396 g/mol. The van der Waals surface area contributed by atoms with Crippen LogP contribution in [-0.2, 0) is 11.3 Å². The molecular formula is C19H18N4O3S2. The van der Waals surface area contributed by atoms with Gasteiger partial charge in [0.1, 0.15) is 11.4 Å². The molecule has 1 amide bonds. The highest BCUT2D eigenvalue weighted by molar-refractivity contribution is 7.23. The summed E-state index contributed by atoms with van der Waals surface area (Å²) in [6, 6.07) is 5.99. The number of hydrogen-bond acceptors (Lipinski definition) is 8. The second-order valence-electron chi connectivity index (χ2n) is 6.21. The zero-order valence-corrected chi connectivity index (χ0v) is 17.5. The number of carbonyl (C=O) groups excluding carboxylic acids is 1. The van der Waals surface area contributed by atoms with Crippen LogP contribution in [0.1, 0.15) is 26.6 Å². The first-order chi connectivity index (χ1) is 13.5. The third kappa shape index (κ3) is 3.21. The van der Waals surface area contributed by atoms with Gasteiger partial charge in [-0.25, -0.2) is 9.97 Å². The van der Waals surface area contributed by atoms with E-state index in [1.807, 2.05) is 32.0 Å². The van der Waals surface area contributed by atoms with Gasteiger partial charge in [0.2, 0.25) is 5.88 Å². The quantitative estimate of drug-likeness (QED) is 0.523. The molecule has 0 aliphatic heterocycles. The maximum absolute atomic E-state index is 12.9. The van der Waals surface area contributed by atoms with E-state index < -0.39 is 0 Å². The molecule has 4 aromatic rings. The molecule has 9 heteroatoms. The van der Waals surface area contributed by atoms with E-state index in [-0.39, 0.29) is 12.5 Å². The summed E-state index contributed by atoms with van der Waals surface area (Å²) in [6.07, 6.45) is 0. The van der Waals surface area contributed by atoms with Gasteiger partial charge in [0.25, 0.3) is 5.91 Å². The number of ether oxygens (including phenoxy) is 2. The molecule has 0 spiro atoms. The molecule has 3 heterocycles. The van der Waals surface area contributed by atoms with Crippen LogP contribution in [0.2, 0.25) is 0 Å². The van der Waals surface area contributed by atoms with E-state index in [0.29, 0.717) is 26.5 Å². The van der Waals surface area contributed by atoms with Crippen LogP contribution in [0.3, 0.4) is 0 Å². The van der Waals surface area contributed by atoms with Crippen molar-refractivity contribution in [3.05, 3.63) is 40.0 Å². The number of aryl methyl sites for hydroxylation is 2. The Morgan fingerprint density at radius 3 is 2.68 bits per heavy atom. The molecule has 3 aromatic heterocycles. The summed E-state index contributed by atoms with van der Waals surface area (Å²) in [7, 11) is 3.14. The van der Waals surface area contributed by atoms with Crippen molar-refractivity contribution in [3.8, 4) is 5.88 Å². The van der Waals surface area contributed by atoms with Crippen molar-refractivity contribution in [1.82, 2.24) is 15.0 Å². The van der Waals surface area contributed by atoms with Crippen molar-refractivity contribution in [2.24, 2.45) is 0 Å². The molecule has 144 valence electrons. The van der Waals surface area contributed by atoms with Gasteiger partial charge in [0.05, 0.1) is 27.6 Å². The van der Waals surface area contributed by atoms with E-state index in [2.05, 4.69) is 20.3 Å². The Labute approximate surface area is 169 Å². The number of hydrogen-bond donors (Lipinski definition) is 1. The predicted molar refractivity (Wildman–Crippen MR) is 112 cm³/mol. The van der Waals surface area contributed by atoms with Crippen LogP contribution in [0.4, 0.5) is 5.13 Å². The first-order valence-corrected chi connectivity index (χ1v) is 10.2. The Kier molecular flexibility index (Phi) is 4.96. The number of nitrogens with one attached hydrogen (secondary N) is 1. The van der Waals surface area contributed by atoms with Gasteiger partial charge in [-0.3, -0.25) is 10.1 Å². The average Bonchev–Trinajstić information content (AvgIpc) is 3.23. The number of rotatable bonds is 5. The van der Waals surface area contributed by atoms with Crippen molar-refractivity contribution < 1.29 is 14.3 Å². The van der Waals surface area contributed by atoms with Crippen molar-refractivity contribution in [2.45, 2.75) is 20.5 Å². The number of anilines is 1. The van der Waals surface area contributed by atoms with Crippen molar-refractivity contribution in [2.75, 3.05) is 19.5 Å². The van der Waals surface area contributed by atoms with Gasteiger partial charge >= 0.3 is 0 Å². The second kappa shape index (κ2) is 7.42. The lowest BCUT2D eigenvalue weighted by Crippen LogP contribution is -2.11. The van der Waals surface area contributed by atoms with Crippen LogP contribution in [0.15, 0.2) is 18.2 Å². The topological polar surface area (TPSA) is 86.2 Å². The fraction of sp³-hybridized carbons (Fsp3) is 0.263. The van der Waals surface area contributed by atoms with E-state index in [4.69, 9.17) is 9.47 Å². The molecule has 0 saturated carbocycles. The summed E-state index contributed by atoms with van der Waals surface area (Å²) in [5, 5.41) is 4.24. The third-order valence-corrected chi connectivity index (χ3v) is 6.44. The molecule has 0 bridgehead atoms. The highest BCUT2D eigenvalue weighted by atomic mass is 32.1. The molecule has 0 aliphatic carbocycles. The van der Waals surface area contributed by atoms with E-state index in [1.54, 1.807) is 14.2 Å². The van der Waals surface area contributed by atoms with Crippen LogP contribution in [-0.4, -0.2) is 35.1 Å². The van der Waals surface area contributed by atoms with E-state index >= 15 is 0 Å². The molecule has 0 radical (unpaired) electrons. The first kappa shape index (κ1) is 18.7. The van der Waals surface area contributed by atoms with Crippen LogP contribution in [0.5, 0.6) is 5.88 Å². The Bertz CT molecular complexity index is 1200. The molecule has 4 rings (SSSR count). The largest absolute Gasteiger partial charge is 0.480 e. The predicted octanol–water partition coefficient (Wildman–Crippen LogP) is 4.33. The molecule has 0 aliphatic rings. The number of nitrogens with zero attached hydrogens (tertiary/aromatic N) is 3.